The van der Waals surface area contributed by atoms with Gasteiger partial charge in [0.15, 0.2) is 5.16 Å². The van der Waals surface area contributed by atoms with Crippen LogP contribution < -0.4 is 0 Å². The number of thioether (sulfide) groups is 1. The van der Waals surface area contributed by atoms with E-state index in [9.17, 15) is 9.59 Å². The maximum Gasteiger partial charge on any atom is 0.410 e. The molecule has 2 saturated heterocycles. The van der Waals surface area contributed by atoms with Crippen LogP contribution in [0.1, 0.15) is 24.4 Å². The monoisotopic (exact) mass is 398 g/mol. The molecule has 0 bridgehead atoms. The number of cyclic esters (lactones) is 1. The van der Waals surface area contributed by atoms with E-state index in [4.69, 9.17) is 4.74 Å². The average Bonchev–Trinajstić information content (AvgIpc) is 3.15. The summed E-state index contributed by atoms with van der Waals surface area (Å²) in [5, 5.41) is 0.608. The molecule has 1 aromatic heterocycles. The molecule has 0 saturated carbocycles. The Morgan fingerprint density at radius 3 is 2.54 bits per heavy atom. The number of hydrogen-bond donors (Lipinski definition) is 0. The predicted octanol–water partition coefficient (Wildman–Crippen LogP) is 2.75. The highest BCUT2D eigenvalue weighted by molar-refractivity contribution is 7.99. The Morgan fingerprint density at radius 1 is 1.11 bits per heavy atom. The normalized spacial score (nSPS) is 20.3. The van der Waals surface area contributed by atoms with E-state index in [1.165, 1.54) is 11.8 Å². The third-order valence-corrected chi connectivity index (χ3v) is 6.03. The van der Waals surface area contributed by atoms with Crippen molar-refractivity contribution in [3.8, 4) is 0 Å². The van der Waals surface area contributed by atoms with E-state index in [0.29, 0.717) is 30.6 Å². The number of nitrogens with zero attached hydrogens (tertiary/aromatic N) is 4. The Morgan fingerprint density at radius 2 is 1.82 bits per heavy atom. The second-order valence-electron chi connectivity index (χ2n) is 6.84. The molecule has 146 valence electrons. The van der Waals surface area contributed by atoms with E-state index in [2.05, 4.69) is 9.97 Å². The Balaban J connectivity index is 1.33. The second kappa shape index (κ2) is 8.60. The molecule has 2 fully saturated rings. The molecule has 4 rings (SSSR count). The SMILES string of the molecule is O=C(CSc1ncccn1)N1CCC(N2C(=O)OCC2c2ccccc2)CC1. The first-order valence-corrected chi connectivity index (χ1v) is 10.4. The maximum absolute atomic E-state index is 12.5. The van der Waals surface area contributed by atoms with Crippen molar-refractivity contribution < 1.29 is 14.3 Å². The lowest BCUT2D eigenvalue weighted by atomic mass is 9.99. The van der Waals surface area contributed by atoms with Crippen molar-refractivity contribution in [2.24, 2.45) is 0 Å². The van der Waals surface area contributed by atoms with Gasteiger partial charge in [-0.3, -0.25) is 9.69 Å². The van der Waals surface area contributed by atoms with Gasteiger partial charge in [-0.1, -0.05) is 42.1 Å². The third-order valence-electron chi connectivity index (χ3n) is 5.17. The standard InChI is InChI=1S/C20H22N4O3S/c25-18(14-28-19-21-9-4-10-22-19)23-11-7-16(8-12-23)24-17(13-27-20(24)26)15-5-2-1-3-6-15/h1-6,9-10,16-17H,7-8,11-14H2. The van der Waals surface area contributed by atoms with Gasteiger partial charge in [-0.2, -0.15) is 0 Å². The van der Waals surface area contributed by atoms with Crippen LogP contribution in [-0.2, 0) is 9.53 Å². The summed E-state index contributed by atoms with van der Waals surface area (Å²) in [6.45, 7) is 1.67. The van der Waals surface area contributed by atoms with Crippen LogP contribution in [0.5, 0.6) is 0 Å². The smallest absolute Gasteiger partial charge is 0.410 e. The molecule has 28 heavy (non-hydrogen) atoms. The Hall–Kier alpha value is -2.61. The van der Waals surface area contributed by atoms with Gasteiger partial charge in [0.2, 0.25) is 5.91 Å². The number of carbonyl (C=O) groups is 2. The van der Waals surface area contributed by atoms with Crippen LogP contribution in [0, 0.1) is 0 Å². The molecular formula is C20H22N4O3S. The molecule has 0 N–H and O–H groups in total. The zero-order valence-corrected chi connectivity index (χ0v) is 16.3. The third kappa shape index (κ3) is 4.11. The van der Waals surface area contributed by atoms with Crippen LogP contribution in [0.15, 0.2) is 53.9 Å². The summed E-state index contributed by atoms with van der Waals surface area (Å²) < 4.78 is 5.34. The molecule has 2 aromatic rings. The summed E-state index contributed by atoms with van der Waals surface area (Å²) in [6, 6.07) is 11.8. The molecule has 3 heterocycles. The number of benzene rings is 1. The minimum Gasteiger partial charge on any atom is -0.447 e. The number of likely N-dealkylation sites (tertiary alicyclic amines) is 1. The predicted molar refractivity (Wildman–Crippen MR) is 105 cm³/mol. The molecule has 8 heteroatoms. The van der Waals surface area contributed by atoms with Gasteiger partial charge in [-0.25, -0.2) is 14.8 Å². The highest BCUT2D eigenvalue weighted by atomic mass is 32.2. The molecule has 2 aliphatic heterocycles. The average molecular weight is 398 g/mol. The van der Waals surface area contributed by atoms with Gasteiger partial charge in [-0.05, 0) is 24.5 Å². The van der Waals surface area contributed by atoms with Gasteiger partial charge in [0, 0.05) is 31.5 Å². The number of ether oxygens (including phenoxy) is 1. The summed E-state index contributed by atoms with van der Waals surface area (Å²) in [7, 11) is 0. The number of hydrogen-bond acceptors (Lipinski definition) is 6. The van der Waals surface area contributed by atoms with E-state index >= 15 is 0 Å². The van der Waals surface area contributed by atoms with E-state index in [-0.39, 0.29) is 24.1 Å². The molecule has 1 unspecified atom stereocenters. The number of rotatable bonds is 5. The molecular weight excluding hydrogens is 376 g/mol. The van der Waals surface area contributed by atoms with Crippen molar-refractivity contribution in [1.29, 1.82) is 0 Å². The summed E-state index contributed by atoms with van der Waals surface area (Å²) >= 11 is 1.35. The zero-order valence-electron chi connectivity index (χ0n) is 15.4. The topological polar surface area (TPSA) is 75.6 Å². The van der Waals surface area contributed by atoms with Gasteiger partial charge in [0.1, 0.15) is 6.61 Å². The van der Waals surface area contributed by atoms with E-state index in [1.54, 1.807) is 18.5 Å². The highest BCUT2D eigenvalue weighted by Gasteiger charge is 2.40. The molecule has 7 nitrogen and oxygen atoms in total. The maximum atomic E-state index is 12.5. The largest absolute Gasteiger partial charge is 0.447 e. The number of amides is 2. The Labute approximate surface area is 168 Å². The van der Waals surface area contributed by atoms with Gasteiger partial charge >= 0.3 is 6.09 Å². The fraction of sp³-hybridized carbons (Fsp3) is 0.400. The van der Waals surface area contributed by atoms with Crippen LogP contribution in [-0.4, -0.2) is 63.3 Å². The highest BCUT2D eigenvalue weighted by Crippen LogP contribution is 2.33. The fourth-order valence-electron chi connectivity index (χ4n) is 3.74. The van der Waals surface area contributed by atoms with Crippen molar-refractivity contribution in [3.05, 3.63) is 54.4 Å². The van der Waals surface area contributed by atoms with Crippen molar-refractivity contribution in [3.63, 3.8) is 0 Å². The molecule has 1 atom stereocenters. The number of carbonyl (C=O) groups excluding carboxylic acids is 2. The van der Waals surface area contributed by atoms with Gasteiger partial charge < -0.3 is 9.64 Å². The molecule has 1 aromatic carbocycles. The van der Waals surface area contributed by atoms with Crippen molar-refractivity contribution >= 4 is 23.8 Å². The quantitative estimate of drug-likeness (QED) is 0.569. The minimum absolute atomic E-state index is 0.0493. The van der Waals surface area contributed by atoms with E-state index < -0.39 is 0 Å². The molecule has 0 spiro atoms. The van der Waals surface area contributed by atoms with Crippen LogP contribution in [0.25, 0.3) is 0 Å². The molecule has 2 amide bonds. The van der Waals surface area contributed by atoms with Gasteiger partial charge in [-0.15, -0.1) is 0 Å². The lowest BCUT2D eigenvalue weighted by molar-refractivity contribution is -0.129. The fourth-order valence-corrected chi connectivity index (χ4v) is 4.44. The Kier molecular flexibility index (Phi) is 5.76. The van der Waals surface area contributed by atoms with Crippen LogP contribution in [0.4, 0.5) is 4.79 Å². The molecule has 2 aliphatic rings. The summed E-state index contributed by atoms with van der Waals surface area (Å²) in [6.07, 6.45) is 4.61. The summed E-state index contributed by atoms with van der Waals surface area (Å²) in [4.78, 5) is 36.8. The van der Waals surface area contributed by atoms with Crippen LogP contribution >= 0.6 is 11.8 Å². The first-order chi connectivity index (χ1) is 13.7. The van der Waals surface area contributed by atoms with Crippen LogP contribution in [0.3, 0.4) is 0 Å². The zero-order chi connectivity index (χ0) is 19.3. The van der Waals surface area contributed by atoms with Crippen molar-refractivity contribution in [1.82, 2.24) is 19.8 Å². The minimum atomic E-state index is -0.254. The molecule has 0 aliphatic carbocycles. The van der Waals surface area contributed by atoms with Crippen molar-refractivity contribution in [2.45, 2.75) is 30.1 Å². The lowest BCUT2D eigenvalue weighted by Crippen LogP contribution is -2.48. The van der Waals surface area contributed by atoms with E-state index in [0.717, 1.165) is 18.4 Å². The first-order valence-electron chi connectivity index (χ1n) is 9.40. The second-order valence-corrected chi connectivity index (χ2v) is 7.79. The lowest BCUT2D eigenvalue weighted by Gasteiger charge is -2.38. The summed E-state index contributed by atoms with van der Waals surface area (Å²) in [5.74, 6) is 0.409. The summed E-state index contributed by atoms with van der Waals surface area (Å²) in [5.41, 5.74) is 1.09. The first kappa shape index (κ1) is 18.7. The van der Waals surface area contributed by atoms with Gasteiger partial charge in [0.05, 0.1) is 11.8 Å². The number of aromatic nitrogens is 2. The Bertz CT molecular complexity index is 813. The van der Waals surface area contributed by atoms with Crippen molar-refractivity contribution in [2.75, 3.05) is 25.4 Å². The van der Waals surface area contributed by atoms with Gasteiger partial charge in [0.25, 0.3) is 0 Å². The van der Waals surface area contributed by atoms with E-state index in [1.807, 2.05) is 40.1 Å². The molecule has 0 radical (unpaired) electrons. The number of piperidine rings is 1. The van der Waals surface area contributed by atoms with Crippen LogP contribution in [0.2, 0.25) is 0 Å².